The van der Waals surface area contributed by atoms with E-state index in [2.05, 4.69) is 6.92 Å². The molecule has 2 aliphatic carbocycles. The van der Waals surface area contributed by atoms with Crippen molar-refractivity contribution in [2.45, 2.75) is 58.0 Å². The van der Waals surface area contributed by atoms with E-state index in [4.69, 9.17) is 4.74 Å². The van der Waals surface area contributed by atoms with Gasteiger partial charge in [-0.05, 0) is 56.4 Å². The van der Waals surface area contributed by atoms with Crippen LogP contribution in [0.5, 0.6) is 5.75 Å². The fourth-order valence-electron chi connectivity index (χ4n) is 3.16. The molecule has 0 spiro atoms. The Hall–Kier alpha value is -1.31. The molecule has 102 valence electrons. The maximum atomic E-state index is 12.7. The largest absolute Gasteiger partial charge is 0.490 e. The summed E-state index contributed by atoms with van der Waals surface area (Å²) in [6, 6.07) is 7.78. The summed E-state index contributed by atoms with van der Waals surface area (Å²) in [7, 11) is 0. The van der Waals surface area contributed by atoms with Crippen LogP contribution in [-0.4, -0.2) is 11.9 Å². The van der Waals surface area contributed by atoms with Crippen molar-refractivity contribution in [1.29, 1.82) is 0 Å². The molecule has 19 heavy (non-hydrogen) atoms. The number of carbonyl (C=O) groups is 1. The van der Waals surface area contributed by atoms with Crippen molar-refractivity contribution in [3.8, 4) is 5.75 Å². The molecule has 0 unspecified atom stereocenters. The van der Waals surface area contributed by atoms with Crippen molar-refractivity contribution in [3.05, 3.63) is 29.8 Å². The number of carbonyl (C=O) groups excluding carboxylic acids is 1. The van der Waals surface area contributed by atoms with Crippen molar-refractivity contribution in [2.75, 3.05) is 0 Å². The minimum atomic E-state index is -0.0845. The third kappa shape index (κ3) is 2.54. The average molecular weight is 258 g/mol. The smallest absolute Gasteiger partial charge is 0.168 e. The molecule has 0 N–H and O–H groups in total. The fraction of sp³-hybridized carbons (Fsp3) is 0.588. The first-order chi connectivity index (χ1) is 9.23. The zero-order chi connectivity index (χ0) is 13.3. The monoisotopic (exact) mass is 258 g/mol. The summed E-state index contributed by atoms with van der Waals surface area (Å²) in [5.41, 5.74) is 0.769. The highest BCUT2D eigenvalue weighted by molar-refractivity contribution is 6.00. The lowest BCUT2D eigenvalue weighted by Gasteiger charge is -2.25. The fourth-order valence-corrected chi connectivity index (χ4v) is 3.16. The van der Waals surface area contributed by atoms with Gasteiger partial charge in [0.25, 0.3) is 0 Å². The van der Waals surface area contributed by atoms with Crippen LogP contribution in [0.3, 0.4) is 0 Å². The molecule has 0 saturated heterocycles. The summed E-state index contributed by atoms with van der Waals surface area (Å²) in [6.07, 6.45) is 8.22. The molecule has 0 bridgehead atoms. The highest BCUT2D eigenvalue weighted by atomic mass is 16.5. The molecule has 2 nitrogen and oxygen atoms in total. The van der Waals surface area contributed by atoms with E-state index in [-0.39, 0.29) is 5.41 Å². The van der Waals surface area contributed by atoms with Crippen LogP contribution in [0.15, 0.2) is 24.3 Å². The predicted octanol–water partition coefficient (Wildman–Crippen LogP) is 4.38. The Bertz CT molecular complexity index is 451. The van der Waals surface area contributed by atoms with Gasteiger partial charge in [-0.2, -0.15) is 0 Å². The average Bonchev–Trinajstić information content (AvgIpc) is 3.13. The molecule has 0 amide bonds. The second-order valence-electron chi connectivity index (χ2n) is 6.01. The Balaban J connectivity index is 1.75. The zero-order valence-electron chi connectivity index (χ0n) is 11.7. The van der Waals surface area contributed by atoms with E-state index in [0.717, 1.165) is 30.6 Å². The first-order valence-electron chi connectivity index (χ1n) is 7.55. The van der Waals surface area contributed by atoms with Gasteiger partial charge in [-0.1, -0.05) is 19.8 Å². The first kappa shape index (κ1) is 12.7. The number of ketones is 1. The molecule has 1 aromatic carbocycles. The highest BCUT2D eigenvalue weighted by Crippen LogP contribution is 2.43. The lowest BCUT2D eigenvalue weighted by Crippen LogP contribution is -2.27. The van der Waals surface area contributed by atoms with Crippen molar-refractivity contribution >= 4 is 5.78 Å². The highest BCUT2D eigenvalue weighted by Gasteiger charge is 2.39. The van der Waals surface area contributed by atoms with E-state index >= 15 is 0 Å². The summed E-state index contributed by atoms with van der Waals surface area (Å²) in [5, 5.41) is 0. The van der Waals surface area contributed by atoms with Crippen LogP contribution < -0.4 is 4.74 Å². The Kier molecular flexibility index (Phi) is 3.34. The van der Waals surface area contributed by atoms with E-state index < -0.39 is 0 Å². The summed E-state index contributed by atoms with van der Waals surface area (Å²) < 4.78 is 5.73. The summed E-state index contributed by atoms with van der Waals surface area (Å²) in [6.45, 7) is 2.15. The normalized spacial score (nSPS) is 21.3. The van der Waals surface area contributed by atoms with Gasteiger partial charge >= 0.3 is 0 Å². The maximum absolute atomic E-state index is 12.7. The molecule has 3 rings (SSSR count). The molecule has 0 atom stereocenters. The quantitative estimate of drug-likeness (QED) is 0.732. The van der Waals surface area contributed by atoms with Gasteiger partial charge in [0, 0.05) is 11.0 Å². The number of ether oxygens (including phenoxy) is 1. The molecule has 2 heteroatoms. The van der Waals surface area contributed by atoms with Gasteiger partial charge in [0.15, 0.2) is 5.78 Å². The second kappa shape index (κ2) is 4.99. The molecular weight excluding hydrogens is 236 g/mol. The van der Waals surface area contributed by atoms with Crippen LogP contribution in [0.2, 0.25) is 0 Å². The zero-order valence-corrected chi connectivity index (χ0v) is 11.7. The molecule has 2 saturated carbocycles. The molecule has 2 fully saturated rings. The van der Waals surface area contributed by atoms with Crippen LogP contribution in [0, 0.1) is 5.41 Å². The van der Waals surface area contributed by atoms with Gasteiger partial charge in [0.2, 0.25) is 0 Å². The second-order valence-corrected chi connectivity index (χ2v) is 6.01. The Morgan fingerprint density at radius 1 is 1.21 bits per heavy atom. The molecular formula is C17H22O2. The summed E-state index contributed by atoms with van der Waals surface area (Å²) in [4.78, 5) is 12.7. The molecule has 0 aromatic heterocycles. The van der Waals surface area contributed by atoms with E-state index in [1.165, 1.54) is 25.7 Å². The molecule has 1 aromatic rings. The standard InChI is InChI=1S/C17H22O2/c1-2-17(11-3-4-12-17)16(18)13-5-7-14(8-6-13)19-15-9-10-15/h5-8,15H,2-4,9-12H2,1H3. The molecule has 0 aliphatic heterocycles. The lowest BCUT2D eigenvalue weighted by molar-refractivity contribution is 0.0791. The summed E-state index contributed by atoms with van der Waals surface area (Å²) >= 11 is 0. The van der Waals surface area contributed by atoms with Crippen molar-refractivity contribution in [2.24, 2.45) is 5.41 Å². The van der Waals surface area contributed by atoms with E-state index in [0.29, 0.717) is 11.9 Å². The van der Waals surface area contributed by atoms with E-state index in [9.17, 15) is 4.79 Å². The maximum Gasteiger partial charge on any atom is 0.168 e. The Morgan fingerprint density at radius 3 is 2.37 bits per heavy atom. The van der Waals surface area contributed by atoms with Crippen LogP contribution in [0.25, 0.3) is 0 Å². The van der Waals surface area contributed by atoms with Crippen molar-refractivity contribution in [1.82, 2.24) is 0 Å². The van der Waals surface area contributed by atoms with Gasteiger partial charge in [-0.3, -0.25) is 4.79 Å². The number of benzene rings is 1. The lowest BCUT2D eigenvalue weighted by atomic mass is 9.76. The van der Waals surface area contributed by atoms with Gasteiger partial charge in [0.1, 0.15) is 5.75 Å². The van der Waals surface area contributed by atoms with Crippen LogP contribution in [0.1, 0.15) is 62.2 Å². The van der Waals surface area contributed by atoms with E-state index in [1.54, 1.807) is 0 Å². The third-order valence-electron chi connectivity index (χ3n) is 4.66. The predicted molar refractivity (Wildman–Crippen MR) is 75.6 cm³/mol. The van der Waals surface area contributed by atoms with Crippen LogP contribution in [-0.2, 0) is 0 Å². The van der Waals surface area contributed by atoms with Gasteiger partial charge < -0.3 is 4.74 Å². The number of hydrogen-bond donors (Lipinski definition) is 0. The van der Waals surface area contributed by atoms with E-state index in [1.807, 2.05) is 24.3 Å². The number of hydrogen-bond acceptors (Lipinski definition) is 2. The molecule has 2 aliphatic rings. The van der Waals surface area contributed by atoms with Crippen molar-refractivity contribution in [3.63, 3.8) is 0 Å². The minimum Gasteiger partial charge on any atom is -0.490 e. The Labute approximate surface area is 115 Å². The van der Waals surface area contributed by atoms with Gasteiger partial charge in [0.05, 0.1) is 6.10 Å². The minimum absolute atomic E-state index is 0.0845. The molecule has 0 radical (unpaired) electrons. The first-order valence-corrected chi connectivity index (χ1v) is 7.55. The van der Waals surface area contributed by atoms with Crippen molar-refractivity contribution < 1.29 is 9.53 Å². The van der Waals surface area contributed by atoms with Crippen LogP contribution >= 0.6 is 0 Å². The third-order valence-corrected chi connectivity index (χ3v) is 4.66. The Morgan fingerprint density at radius 2 is 1.84 bits per heavy atom. The topological polar surface area (TPSA) is 26.3 Å². The van der Waals surface area contributed by atoms with Gasteiger partial charge in [-0.15, -0.1) is 0 Å². The van der Waals surface area contributed by atoms with Crippen LogP contribution in [0.4, 0.5) is 0 Å². The molecule has 0 heterocycles. The summed E-state index contributed by atoms with van der Waals surface area (Å²) in [5.74, 6) is 1.24. The SMILES string of the molecule is CCC1(C(=O)c2ccc(OC3CC3)cc2)CCCC1. The number of Topliss-reactive ketones (excluding diaryl/α,β-unsaturated/α-hetero) is 1. The number of rotatable bonds is 5. The van der Waals surface area contributed by atoms with Gasteiger partial charge in [-0.25, -0.2) is 0 Å².